The highest BCUT2D eigenvalue weighted by atomic mass is 127. The predicted octanol–water partition coefficient (Wildman–Crippen LogP) is 0.249. The molecule has 2 aromatic rings. The molecule has 10 heteroatoms. The Hall–Kier alpha value is -1.60. The molecule has 1 aliphatic rings. The molecule has 1 aliphatic heterocycles. The summed E-state index contributed by atoms with van der Waals surface area (Å²) < 4.78 is 24.9. The molecule has 1 fully saturated rings. The smallest absolute Gasteiger partial charge is 0.335 e. The van der Waals surface area contributed by atoms with Gasteiger partial charge in [0.25, 0.3) is 0 Å². The second kappa shape index (κ2) is 6.96. The standard InChI is InChI=1S/C15H13FINO7/c16-6-4-7(17)12(8-5(6)2-1-3-18-8)24-15-11(21)9(19)10(20)13(25-15)14(22)23/h1-4,9-11,13,15,19-21H,(H,22,23)/t9-,10-,11+,13-,15?/m0/s1/i16-1. The van der Waals surface area contributed by atoms with Gasteiger partial charge in [-0.2, -0.15) is 0 Å². The number of aliphatic carboxylic acids is 1. The van der Waals surface area contributed by atoms with Crippen molar-refractivity contribution in [3.05, 3.63) is 33.8 Å². The summed E-state index contributed by atoms with van der Waals surface area (Å²) in [6, 6.07) is 4.21. The second-order valence-electron chi connectivity index (χ2n) is 5.42. The number of aromatic nitrogens is 1. The van der Waals surface area contributed by atoms with Crippen LogP contribution in [-0.4, -0.2) is 62.1 Å². The van der Waals surface area contributed by atoms with Crippen LogP contribution in [-0.2, 0) is 9.53 Å². The fourth-order valence-electron chi connectivity index (χ4n) is 2.52. The van der Waals surface area contributed by atoms with Crippen molar-refractivity contribution in [1.29, 1.82) is 0 Å². The van der Waals surface area contributed by atoms with Crippen LogP contribution >= 0.6 is 22.6 Å². The van der Waals surface area contributed by atoms with Crippen molar-refractivity contribution in [3.63, 3.8) is 0 Å². The molecule has 0 bridgehead atoms. The number of halogens is 2. The summed E-state index contributed by atoms with van der Waals surface area (Å²) in [5.41, 5.74) is 0.148. The van der Waals surface area contributed by atoms with Gasteiger partial charge in [-0.15, -0.1) is 0 Å². The number of ether oxygens (including phenoxy) is 2. The van der Waals surface area contributed by atoms with Crippen molar-refractivity contribution in [1.82, 2.24) is 4.98 Å². The van der Waals surface area contributed by atoms with Crippen LogP contribution in [0.1, 0.15) is 0 Å². The first-order valence-corrected chi connectivity index (χ1v) is 8.21. The van der Waals surface area contributed by atoms with Crippen LogP contribution < -0.4 is 4.74 Å². The summed E-state index contributed by atoms with van der Waals surface area (Å²) in [7, 11) is 0. The molecule has 4 N–H and O–H groups in total. The van der Waals surface area contributed by atoms with Gasteiger partial charge in [0.1, 0.15) is 29.6 Å². The molecular weight excluding hydrogens is 451 g/mol. The quantitative estimate of drug-likeness (QED) is 0.476. The molecule has 0 aliphatic carbocycles. The van der Waals surface area contributed by atoms with Gasteiger partial charge in [0.05, 0.1) is 3.57 Å². The van der Waals surface area contributed by atoms with Crippen molar-refractivity contribution in [3.8, 4) is 5.75 Å². The Bertz CT molecular complexity index is 820. The molecule has 8 nitrogen and oxygen atoms in total. The summed E-state index contributed by atoms with van der Waals surface area (Å²) in [4.78, 5) is 15.2. The van der Waals surface area contributed by atoms with Crippen LogP contribution in [0.4, 0.5) is 4.39 Å². The number of benzene rings is 1. The molecule has 0 radical (unpaired) electrons. The van der Waals surface area contributed by atoms with Crippen LogP contribution in [0, 0.1) is 9.39 Å². The highest BCUT2D eigenvalue weighted by Gasteiger charge is 2.48. The minimum atomic E-state index is -1.82. The Kier molecular flexibility index (Phi) is 5.06. The summed E-state index contributed by atoms with van der Waals surface area (Å²) in [5.74, 6) is -1.98. The number of carbonyl (C=O) groups is 1. The number of rotatable bonds is 3. The molecule has 134 valence electrons. The Labute approximate surface area is 154 Å². The maximum Gasteiger partial charge on any atom is 0.335 e. The number of nitrogens with zero attached hydrogens (tertiary/aromatic N) is 1. The number of hydrogen-bond donors (Lipinski definition) is 4. The number of carboxylic acid groups (broad SMARTS) is 1. The lowest BCUT2D eigenvalue weighted by Gasteiger charge is -2.38. The van der Waals surface area contributed by atoms with E-state index in [4.69, 9.17) is 14.6 Å². The van der Waals surface area contributed by atoms with E-state index >= 15 is 0 Å². The maximum atomic E-state index is 14.0. The normalized spacial score (nSPS) is 29.6. The average molecular weight is 464 g/mol. The highest BCUT2D eigenvalue weighted by molar-refractivity contribution is 14.1. The Morgan fingerprint density at radius 1 is 1.28 bits per heavy atom. The van der Waals surface area contributed by atoms with Gasteiger partial charge in [-0.25, -0.2) is 9.18 Å². The summed E-state index contributed by atoms with van der Waals surface area (Å²) in [6.07, 6.45) is -7.30. The van der Waals surface area contributed by atoms with Gasteiger partial charge in [0.15, 0.2) is 11.9 Å². The molecule has 0 saturated carbocycles. The second-order valence-corrected chi connectivity index (χ2v) is 6.58. The first-order chi connectivity index (χ1) is 11.8. The molecule has 0 amide bonds. The van der Waals surface area contributed by atoms with E-state index in [-0.39, 0.29) is 16.7 Å². The first kappa shape index (κ1) is 18.2. The van der Waals surface area contributed by atoms with Gasteiger partial charge < -0.3 is 29.9 Å². The van der Waals surface area contributed by atoms with E-state index in [2.05, 4.69) is 4.98 Å². The van der Waals surface area contributed by atoms with E-state index in [0.717, 1.165) is 0 Å². The lowest BCUT2D eigenvalue weighted by atomic mass is 9.99. The highest BCUT2D eigenvalue weighted by Crippen LogP contribution is 2.34. The van der Waals surface area contributed by atoms with E-state index in [1.165, 1.54) is 24.4 Å². The lowest BCUT2D eigenvalue weighted by Crippen LogP contribution is -2.61. The number of carboxylic acids is 1. The molecule has 1 saturated heterocycles. The number of aliphatic hydroxyl groups is 3. The topological polar surface area (TPSA) is 129 Å². The van der Waals surface area contributed by atoms with Crippen LogP contribution in [0.2, 0.25) is 0 Å². The monoisotopic (exact) mass is 464 g/mol. The number of pyridine rings is 1. The third kappa shape index (κ3) is 3.27. The number of aliphatic hydroxyl groups excluding tert-OH is 3. The number of fused-ring (bicyclic) bond motifs is 1. The minimum Gasteiger partial charge on any atom is -0.479 e. The average Bonchev–Trinajstić information content (AvgIpc) is 2.58. The molecule has 5 atom stereocenters. The fraction of sp³-hybridized carbons (Fsp3) is 0.333. The van der Waals surface area contributed by atoms with E-state index in [0.29, 0.717) is 3.57 Å². The third-order valence-electron chi connectivity index (χ3n) is 3.80. The Balaban J connectivity index is 1.99. The van der Waals surface area contributed by atoms with Crippen LogP contribution in [0.15, 0.2) is 24.4 Å². The summed E-state index contributed by atoms with van der Waals surface area (Å²) in [5, 5.41) is 38.8. The molecule has 0 spiro atoms. The van der Waals surface area contributed by atoms with Crippen molar-refractivity contribution in [2.75, 3.05) is 0 Å². The van der Waals surface area contributed by atoms with Crippen molar-refractivity contribution in [2.24, 2.45) is 0 Å². The predicted molar refractivity (Wildman–Crippen MR) is 89.4 cm³/mol. The van der Waals surface area contributed by atoms with Gasteiger partial charge in [-0.05, 0) is 40.8 Å². The summed E-state index contributed by atoms with van der Waals surface area (Å²) in [6.45, 7) is 0. The van der Waals surface area contributed by atoms with E-state index in [1.807, 2.05) is 0 Å². The zero-order valence-electron chi connectivity index (χ0n) is 12.4. The molecular formula is C15H13FINO7. The van der Waals surface area contributed by atoms with Crippen LogP contribution in [0.5, 0.6) is 5.75 Å². The molecule has 3 rings (SSSR count). The summed E-state index contributed by atoms with van der Waals surface area (Å²) >= 11 is 1.79. The van der Waals surface area contributed by atoms with E-state index in [1.54, 1.807) is 22.6 Å². The van der Waals surface area contributed by atoms with E-state index in [9.17, 15) is 24.5 Å². The Morgan fingerprint density at radius 3 is 2.68 bits per heavy atom. The van der Waals surface area contributed by atoms with Gasteiger partial charge in [0.2, 0.25) is 6.29 Å². The molecule has 2 heterocycles. The van der Waals surface area contributed by atoms with E-state index < -0.39 is 42.5 Å². The minimum absolute atomic E-state index is 0.0642. The van der Waals surface area contributed by atoms with Crippen molar-refractivity contribution in [2.45, 2.75) is 30.7 Å². The molecule has 25 heavy (non-hydrogen) atoms. The van der Waals surface area contributed by atoms with Crippen LogP contribution in [0.25, 0.3) is 10.9 Å². The zero-order valence-corrected chi connectivity index (χ0v) is 14.6. The van der Waals surface area contributed by atoms with Gasteiger partial charge in [-0.3, -0.25) is 4.98 Å². The third-order valence-corrected chi connectivity index (χ3v) is 4.60. The van der Waals surface area contributed by atoms with Crippen molar-refractivity contribution >= 4 is 39.5 Å². The zero-order chi connectivity index (χ0) is 18.3. The van der Waals surface area contributed by atoms with Gasteiger partial charge in [-0.1, -0.05) is 0 Å². The SMILES string of the molecule is O=C(O)[C@H]1OC(Oc2c(I)cc([18F])c3cccnc23)[C@H](O)[C@@H](O)[C@@H]1O. The molecule has 1 unspecified atom stereocenters. The first-order valence-electron chi connectivity index (χ1n) is 7.13. The van der Waals surface area contributed by atoms with Gasteiger partial charge >= 0.3 is 5.97 Å². The lowest BCUT2D eigenvalue weighted by molar-refractivity contribution is -0.271. The number of hydrogen-bond acceptors (Lipinski definition) is 7. The fourth-order valence-corrected chi connectivity index (χ4v) is 3.18. The van der Waals surface area contributed by atoms with Gasteiger partial charge in [0, 0.05) is 11.6 Å². The van der Waals surface area contributed by atoms with Crippen molar-refractivity contribution < 1.29 is 39.1 Å². The Morgan fingerprint density at radius 2 is 2.00 bits per heavy atom. The molecule has 1 aromatic carbocycles. The largest absolute Gasteiger partial charge is 0.479 e. The maximum absolute atomic E-state index is 14.0. The molecule has 1 aromatic heterocycles. The van der Waals surface area contributed by atoms with Crippen LogP contribution in [0.3, 0.4) is 0 Å².